The van der Waals surface area contributed by atoms with E-state index in [1.165, 1.54) is 13.1 Å². The zero-order valence-electron chi connectivity index (χ0n) is 17.3. The molecule has 0 bridgehead atoms. The van der Waals surface area contributed by atoms with Crippen LogP contribution in [0.3, 0.4) is 0 Å². The summed E-state index contributed by atoms with van der Waals surface area (Å²) in [5, 5.41) is 32.2. The van der Waals surface area contributed by atoms with Gasteiger partial charge in [-0.2, -0.15) is 0 Å². The fraction of sp³-hybridized carbons (Fsp3) is 0.611. The van der Waals surface area contributed by atoms with Crippen LogP contribution >= 0.6 is 0 Å². The summed E-state index contributed by atoms with van der Waals surface area (Å²) in [7, 11) is 5.90. The average Bonchev–Trinajstić information content (AvgIpc) is 2.79. The van der Waals surface area contributed by atoms with Crippen molar-refractivity contribution in [2.45, 2.75) is 64.3 Å². The second-order valence-corrected chi connectivity index (χ2v) is 8.07. The molecular weight excluding hydrogens is 364 g/mol. The van der Waals surface area contributed by atoms with E-state index in [0.29, 0.717) is 22.9 Å². The summed E-state index contributed by atoms with van der Waals surface area (Å²) in [5.41, 5.74) is -2.08. The van der Waals surface area contributed by atoms with Gasteiger partial charge in [-0.15, -0.1) is 0 Å². The van der Waals surface area contributed by atoms with Gasteiger partial charge < -0.3 is 29.4 Å². The van der Waals surface area contributed by atoms with Crippen LogP contribution in [0, 0.1) is 13.8 Å². The molecule has 0 aliphatic carbocycles. The summed E-state index contributed by atoms with van der Waals surface area (Å²) < 4.78 is 17.3. The van der Waals surface area contributed by atoms with Gasteiger partial charge in [0.05, 0.1) is 16.8 Å². The van der Waals surface area contributed by atoms with Crippen molar-refractivity contribution in [3.63, 3.8) is 0 Å². The molecular formula is C18H27B2NO7. The Bertz CT molecular complexity index is 762. The van der Waals surface area contributed by atoms with Crippen molar-refractivity contribution >= 4 is 26.7 Å². The van der Waals surface area contributed by atoms with Crippen molar-refractivity contribution < 1.29 is 34.2 Å². The van der Waals surface area contributed by atoms with Crippen LogP contribution in [0.4, 0.5) is 0 Å². The number of benzene rings is 1. The van der Waals surface area contributed by atoms with Gasteiger partial charge in [0.2, 0.25) is 0 Å². The molecule has 1 aromatic carbocycles. The van der Waals surface area contributed by atoms with Gasteiger partial charge in [0.25, 0.3) is 0 Å². The molecule has 8 nitrogen and oxygen atoms in total. The third kappa shape index (κ3) is 3.72. The first-order valence-electron chi connectivity index (χ1n) is 8.89. The molecule has 0 amide bonds. The monoisotopic (exact) mass is 391 g/mol. The van der Waals surface area contributed by atoms with Crippen molar-refractivity contribution in [1.82, 2.24) is 5.32 Å². The Kier molecular flexibility index (Phi) is 5.82. The van der Waals surface area contributed by atoms with Gasteiger partial charge in [-0.05, 0) is 71.2 Å². The maximum absolute atomic E-state index is 11.7. The predicted molar refractivity (Wildman–Crippen MR) is 105 cm³/mol. The molecule has 1 saturated heterocycles. The number of carbonyl (C=O) groups excluding carboxylic acids is 1. The van der Waals surface area contributed by atoms with Gasteiger partial charge in [-0.25, -0.2) is 0 Å². The summed E-state index contributed by atoms with van der Waals surface area (Å²) in [6.07, 6.45) is 0.502. The standard InChI is InChI=1S/C18H27B2NO7/c1-10-11(2)14(26-18(24,25)17(19,23)21-7)12(9-22)8-13(10)20-27-15(3,4)16(5,6)28-20/h8-9,21,23-25H,1-7H3. The van der Waals surface area contributed by atoms with Crippen molar-refractivity contribution in [3.05, 3.63) is 22.8 Å². The Hall–Kier alpha value is -1.42. The molecule has 1 heterocycles. The van der Waals surface area contributed by atoms with Crippen LogP contribution in [0.15, 0.2) is 6.07 Å². The summed E-state index contributed by atoms with van der Waals surface area (Å²) >= 11 is 0. The van der Waals surface area contributed by atoms with E-state index in [2.05, 4.69) is 5.32 Å². The quantitative estimate of drug-likeness (QED) is 0.291. The number of aldehydes is 1. The fourth-order valence-corrected chi connectivity index (χ4v) is 2.77. The molecule has 152 valence electrons. The number of aliphatic hydroxyl groups is 3. The Morgan fingerprint density at radius 2 is 1.64 bits per heavy atom. The van der Waals surface area contributed by atoms with E-state index in [1.54, 1.807) is 13.8 Å². The van der Waals surface area contributed by atoms with Crippen LogP contribution in [0.25, 0.3) is 0 Å². The summed E-state index contributed by atoms with van der Waals surface area (Å²) in [5.74, 6) is -3.33. The van der Waals surface area contributed by atoms with Crippen LogP contribution in [0.2, 0.25) is 0 Å². The summed E-state index contributed by atoms with van der Waals surface area (Å²) in [4.78, 5) is 11.7. The van der Waals surface area contributed by atoms with Crippen LogP contribution < -0.4 is 15.5 Å². The molecule has 28 heavy (non-hydrogen) atoms. The minimum atomic E-state index is -3.21. The van der Waals surface area contributed by atoms with Gasteiger partial charge in [0.15, 0.2) is 11.9 Å². The second-order valence-electron chi connectivity index (χ2n) is 8.07. The normalized spacial score (nSPS) is 20.7. The molecule has 2 radical (unpaired) electrons. The van der Waals surface area contributed by atoms with E-state index in [-0.39, 0.29) is 11.3 Å². The third-order valence-electron chi connectivity index (χ3n) is 5.67. The number of likely N-dealkylation sites (N-methyl/N-ethyl adjacent to an activating group) is 1. The van der Waals surface area contributed by atoms with E-state index >= 15 is 0 Å². The lowest BCUT2D eigenvalue weighted by molar-refractivity contribution is -0.357. The summed E-state index contributed by atoms with van der Waals surface area (Å²) in [6.45, 7) is 11.1. The smallest absolute Gasteiger partial charge is 0.436 e. The van der Waals surface area contributed by atoms with Crippen LogP contribution in [-0.4, -0.2) is 66.4 Å². The highest BCUT2D eigenvalue weighted by molar-refractivity contribution is 6.62. The zero-order chi connectivity index (χ0) is 21.7. The van der Waals surface area contributed by atoms with Gasteiger partial charge in [-0.1, -0.05) is 0 Å². The fourth-order valence-electron chi connectivity index (χ4n) is 2.77. The number of nitrogens with one attached hydrogen (secondary N) is 1. The van der Waals surface area contributed by atoms with Gasteiger partial charge in [0, 0.05) is 0 Å². The first-order chi connectivity index (χ1) is 12.6. The lowest BCUT2D eigenvalue weighted by Gasteiger charge is -2.37. The number of hydrogen-bond donors (Lipinski definition) is 4. The van der Waals surface area contributed by atoms with Gasteiger partial charge >= 0.3 is 13.1 Å². The lowest BCUT2D eigenvalue weighted by Crippen LogP contribution is -2.66. The second kappa shape index (κ2) is 7.12. The first-order valence-corrected chi connectivity index (χ1v) is 8.89. The summed E-state index contributed by atoms with van der Waals surface area (Å²) in [6, 6.07) is 1.50. The van der Waals surface area contributed by atoms with Crippen molar-refractivity contribution in [2.24, 2.45) is 0 Å². The number of carbonyl (C=O) groups is 1. The topological polar surface area (TPSA) is 117 Å². The highest BCUT2D eigenvalue weighted by Crippen LogP contribution is 2.38. The minimum absolute atomic E-state index is 0.0205. The number of hydrogen-bond acceptors (Lipinski definition) is 8. The molecule has 10 heteroatoms. The zero-order valence-corrected chi connectivity index (χ0v) is 17.3. The van der Waals surface area contributed by atoms with E-state index in [1.807, 2.05) is 27.7 Å². The Morgan fingerprint density at radius 1 is 1.14 bits per heavy atom. The van der Waals surface area contributed by atoms with E-state index in [9.17, 15) is 20.1 Å². The predicted octanol–water partition coefficient (Wildman–Crippen LogP) is -0.534. The average molecular weight is 391 g/mol. The Morgan fingerprint density at radius 3 is 2.07 bits per heavy atom. The maximum atomic E-state index is 11.7. The maximum Gasteiger partial charge on any atom is 0.495 e. The lowest BCUT2D eigenvalue weighted by atomic mass is 9.74. The van der Waals surface area contributed by atoms with Crippen LogP contribution in [0.1, 0.15) is 49.2 Å². The molecule has 1 aliphatic rings. The number of rotatable bonds is 6. The molecule has 0 aromatic heterocycles. The van der Waals surface area contributed by atoms with E-state index in [0.717, 1.165) is 0 Å². The highest BCUT2D eigenvalue weighted by Gasteiger charge is 2.52. The molecule has 0 saturated carbocycles. The molecule has 1 fully saturated rings. The first kappa shape index (κ1) is 22.9. The van der Waals surface area contributed by atoms with Crippen molar-refractivity contribution in [1.29, 1.82) is 0 Å². The molecule has 2 rings (SSSR count). The highest BCUT2D eigenvalue weighted by atomic mass is 16.8. The largest absolute Gasteiger partial charge is 0.495 e. The van der Waals surface area contributed by atoms with E-state index < -0.39 is 29.9 Å². The van der Waals surface area contributed by atoms with Gasteiger partial charge in [-0.3, -0.25) is 10.1 Å². The van der Waals surface area contributed by atoms with Crippen molar-refractivity contribution in [3.8, 4) is 5.75 Å². The Balaban J connectivity index is 2.51. The molecule has 4 N–H and O–H groups in total. The molecule has 1 aliphatic heterocycles. The molecule has 1 atom stereocenters. The Labute approximate surface area is 166 Å². The number of ether oxygens (including phenoxy) is 1. The minimum Gasteiger partial charge on any atom is -0.436 e. The third-order valence-corrected chi connectivity index (χ3v) is 5.67. The molecule has 1 unspecified atom stereocenters. The van der Waals surface area contributed by atoms with E-state index in [4.69, 9.17) is 21.9 Å². The molecule has 1 aromatic rings. The van der Waals surface area contributed by atoms with Gasteiger partial charge in [0.1, 0.15) is 13.6 Å². The molecule has 0 spiro atoms. The van der Waals surface area contributed by atoms with Crippen molar-refractivity contribution in [2.75, 3.05) is 7.05 Å². The van der Waals surface area contributed by atoms with Crippen LogP contribution in [-0.2, 0) is 9.31 Å². The SMILES string of the molecule is [B]C(O)(NC)C(O)(O)Oc1c(C=O)cc(B2OC(C)(C)C(C)(C)O2)c(C)c1C. The van der Waals surface area contributed by atoms with Crippen LogP contribution in [0.5, 0.6) is 5.75 Å².